The Labute approximate surface area is 108 Å². The third kappa shape index (κ3) is 2.66. The summed E-state index contributed by atoms with van der Waals surface area (Å²) in [6.07, 6.45) is 2.44. The molecule has 0 radical (unpaired) electrons. The monoisotopic (exact) mass is 299 g/mol. The van der Waals surface area contributed by atoms with E-state index in [0.717, 1.165) is 24.2 Å². The van der Waals surface area contributed by atoms with E-state index >= 15 is 0 Å². The molecule has 0 atom stereocenters. The summed E-state index contributed by atoms with van der Waals surface area (Å²) in [5, 5.41) is 3.95. The van der Waals surface area contributed by atoms with Gasteiger partial charge in [0.05, 0.1) is 4.48 Å². The molecule has 0 saturated carbocycles. The summed E-state index contributed by atoms with van der Waals surface area (Å²) >= 11 is 9.14. The van der Waals surface area contributed by atoms with Gasteiger partial charge in [0, 0.05) is 22.8 Å². The molecule has 0 aromatic heterocycles. The van der Waals surface area contributed by atoms with Crippen molar-refractivity contribution in [3.05, 3.63) is 39.5 Å². The van der Waals surface area contributed by atoms with Gasteiger partial charge in [0.25, 0.3) is 0 Å². The van der Waals surface area contributed by atoms with Gasteiger partial charge in [-0.25, -0.2) is 0 Å². The van der Waals surface area contributed by atoms with E-state index in [1.165, 1.54) is 0 Å². The number of hydrogen-bond donors (Lipinski definition) is 1. The first-order valence-electron chi connectivity index (χ1n) is 5.11. The topological polar surface area (TPSA) is 29.1 Å². The number of halogens is 2. The molecule has 0 unspecified atom stereocenters. The molecule has 1 aliphatic rings. The first-order chi connectivity index (χ1) is 7.66. The third-order valence-corrected chi connectivity index (χ3v) is 3.65. The molecule has 1 aromatic rings. The molecule has 0 bridgehead atoms. The van der Waals surface area contributed by atoms with Crippen molar-refractivity contribution in [2.75, 3.05) is 5.32 Å². The maximum absolute atomic E-state index is 11.5. The summed E-state index contributed by atoms with van der Waals surface area (Å²) in [4.78, 5) is 11.5. The zero-order valence-corrected chi connectivity index (χ0v) is 10.9. The number of ketones is 1. The van der Waals surface area contributed by atoms with E-state index in [1.807, 2.05) is 24.3 Å². The van der Waals surface area contributed by atoms with Crippen molar-refractivity contribution in [2.24, 2.45) is 0 Å². The molecule has 2 nitrogen and oxygen atoms in total. The van der Waals surface area contributed by atoms with Crippen LogP contribution in [0.3, 0.4) is 0 Å². The average molecular weight is 301 g/mol. The fourth-order valence-electron chi connectivity index (χ4n) is 1.64. The Kier molecular flexibility index (Phi) is 3.66. The van der Waals surface area contributed by atoms with Crippen LogP contribution in [0.15, 0.2) is 34.4 Å². The highest BCUT2D eigenvalue weighted by molar-refractivity contribution is 9.12. The Morgan fingerprint density at radius 2 is 1.88 bits per heavy atom. The first kappa shape index (κ1) is 11.7. The molecule has 0 amide bonds. The summed E-state index contributed by atoms with van der Waals surface area (Å²) in [5.41, 5.74) is 1.91. The van der Waals surface area contributed by atoms with Gasteiger partial charge in [0.2, 0.25) is 0 Å². The van der Waals surface area contributed by atoms with E-state index in [4.69, 9.17) is 11.6 Å². The minimum absolute atomic E-state index is 0.169. The summed E-state index contributed by atoms with van der Waals surface area (Å²) in [5.74, 6) is 0.169. The standard InChI is InChI=1S/C12H11BrClNO/c13-12-10(2-1-3-11(12)16)15-9-6-4-8(14)5-7-9/h4-7,15H,1-3H2. The SMILES string of the molecule is O=C1CCCC(Nc2ccc(Cl)cc2)=C1Br. The van der Waals surface area contributed by atoms with Crippen LogP contribution in [0.1, 0.15) is 19.3 Å². The number of allylic oxidation sites excluding steroid dienone is 2. The van der Waals surface area contributed by atoms with E-state index in [0.29, 0.717) is 15.9 Å². The van der Waals surface area contributed by atoms with Crippen LogP contribution < -0.4 is 5.32 Å². The minimum Gasteiger partial charge on any atom is -0.358 e. The Morgan fingerprint density at radius 1 is 1.19 bits per heavy atom. The normalized spacial score (nSPS) is 16.5. The third-order valence-electron chi connectivity index (χ3n) is 2.48. The Bertz CT molecular complexity index is 439. The number of carbonyl (C=O) groups excluding carboxylic acids is 1. The number of anilines is 1. The number of rotatable bonds is 2. The Balaban J connectivity index is 2.18. The second-order valence-electron chi connectivity index (χ2n) is 3.70. The second-order valence-corrected chi connectivity index (χ2v) is 4.93. The predicted octanol–water partition coefficient (Wildman–Crippen LogP) is 4.11. The maximum Gasteiger partial charge on any atom is 0.171 e. The van der Waals surface area contributed by atoms with Crippen molar-refractivity contribution in [3.8, 4) is 0 Å². The van der Waals surface area contributed by atoms with Gasteiger partial charge >= 0.3 is 0 Å². The van der Waals surface area contributed by atoms with E-state index in [2.05, 4.69) is 21.2 Å². The maximum atomic E-state index is 11.5. The molecule has 0 heterocycles. The molecule has 0 spiro atoms. The molecule has 84 valence electrons. The highest BCUT2D eigenvalue weighted by atomic mass is 79.9. The van der Waals surface area contributed by atoms with Crippen molar-refractivity contribution in [3.63, 3.8) is 0 Å². The smallest absolute Gasteiger partial charge is 0.171 e. The van der Waals surface area contributed by atoms with Crippen LogP contribution in [0.2, 0.25) is 5.02 Å². The first-order valence-corrected chi connectivity index (χ1v) is 6.28. The number of carbonyl (C=O) groups is 1. The van der Waals surface area contributed by atoms with Crippen molar-refractivity contribution in [1.29, 1.82) is 0 Å². The Morgan fingerprint density at radius 3 is 2.56 bits per heavy atom. The van der Waals surface area contributed by atoms with Gasteiger partial charge in [-0.1, -0.05) is 11.6 Å². The summed E-state index contributed by atoms with van der Waals surface area (Å²) in [7, 11) is 0. The van der Waals surface area contributed by atoms with Crippen LogP contribution in [-0.4, -0.2) is 5.78 Å². The fourth-order valence-corrected chi connectivity index (χ4v) is 2.26. The molecule has 1 N–H and O–H groups in total. The zero-order valence-electron chi connectivity index (χ0n) is 8.59. The van der Waals surface area contributed by atoms with Gasteiger partial charge < -0.3 is 5.32 Å². The lowest BCUT2D eigenvalue weighted by atomic mass is 10.0. The predicted molar refractivity (Wildman–Crippen MR) is 69.9 cm³/mol. The molecule has 16 heavy (non-hydrogen) atoms. The van der Waals surface area contributed by atoms with Crippen molar-refractivity contribution in [1.82, 2.24) is 0 Å². The van der Waals surface area contributed by atoms with Crippen LogP contribution in [0.25, 0.3) is 0 Å². The molecular formula is C12H11BrClNO. The van der Waals surface area contributed by atoms with Gasteiger partial charge in [-0.15, -0.1) is 0 Å². The van der Waals surface area contributed by atoms with Crippen molar-refractivity contribution < 1.29 is 4.79 Å². The number of hydrogen-bond acceptors (Lipinski definition) is 2. The van der Waals surface area contributed by atoms with Crippen LogP contribution in [0.4, 0.5) is 5.69 Å². The number of Topliss-reactive ketones (excluding diaryl/α,β-unsaturated/α-hetero) is 1. The lowest BCUT2D eigenvalue weighted by Gasteiger charge is -2.17. The molecule has 4 heteroatoms. The fraction of sp³-hybridized carbons (Fsp3) is 0.250. The quantitative estimate of drug-likeness (QED) is 0.890. The molecule has 0 aliphatic heterocycles. The van der Waals surface area contributed by atoms with Crippen molar-refractivity contribution >= 4 is 39.0 Å². The molecule has 1 aromatic carbocycles. The number of nitrogens with one attached hydrogen (secondary N) is 1. The van der Waals surface area contributed by atoms with Crippen LogP contribution in [0.5, 0.6) is 0 Å². The lowest BCUT2D eigenvalue weighted by Crippen LogP contribution is -2.12. The lowest BCUT2D eigenvalue weighted by molar-refractivity contribution is -0.115. The highest BCUT2D eigenvalue weighted by Crippen LogP contribution is 2.27. The van der Waals surface area contributed by atoms with E-state index in [9.17, 15) is 4.79 Å². The number of benzene rings is 1. The molecule has 1 aliphatic carbocycles. The summed E-state index contributed by atoms with van der Waals surface area (Å²) < 4.78 is 0.675. The van der Waals surface area contributed by atoms with E-state index < -0.39 is 0 Å². The highest BCUT2D eigenvalue weighted by Gasteiger charge is 2.18. The second kappa shape index (κ2) is 5.02. The van der Waals surface area contributed by atoms with Gasteiger partial charge in [-0.05, 0) is 53.0 Å². The van der Waals surface area contributed by atoms with Crippen LogP contribution in [-0.2, 0) is 4.79 Å². The van der Waals surface area contributed by atoms with Gasteiger partial charge in [0.15, 0.2) is 5.78 Å². The zero-order chi connectivity index (χ0) is 11.5. The average Bonchev–Trinajstić information content (AvgIpc) is 2.28. The molecular weight excluding hydrogens is 289 g/mol. The van der Waals surface area contributed by atoms with Crippen LogP contribution in [0, 0.1) is 0 Å². The Hall–Kier alpha value is -0.800. The van der Waals surface area contributed by atoms with Crippen LogP contribution >= 0.6 is 27.5 Å². The van der Waals surface area contributed by atoms with Crippen molar-refractivity contribution in [2.45, 2.75) is 19.3 Å². The van der Waals surface area contributed by atoms with Gasteiger partial charge in [-0.2, -0.15) is 0 Å². The van der Waals surface area contributed by atoms with E-state index in [1.54, 1.807) is 0 Å². The van der Waals surface area contributed by atoms with Gasteiger partial charge in [-0.3, -0.25) is 4.79 Å². The summed E-state index contributed by atoms with van der Waals surface area (Å²) in [6, 6.07) is 7.44. The molecule has 0 fully saturated rings. The molecule has 2 rings (SSSR count). The van der Waals surface area contributed by atoms with E-state index in [-0.39, 0.29) is 5.78 Å². The summed E-state index contributed by atoms with van der Waals surface area (Å²) in [6.45, 7) is 0. The molecule has 0 saturated heterocycles. The minimum atomic E-state index is 0.169. The largest absolute Gasteiger partial charge is 0.358 e. The van der Waals surface area contributed by atoms with Gasteiger partial charge in [0.1, 0.15) is 0 Å².